The highest BCUT2D eigenvalue weighted by Gasteiger charge is 2.11. The number of ether oxygens (including phenoxy) is 2. The SMILES string of the molecule is COCCCCn1nnc(CC#N)c1CCOC. The number of aryl methyl sites for hydroxylation is 1. The van der Waals surface area contributed by atoms with E-state index in [9.17, 15) is 0 Å². The summed E-state index contributed by atoms with van der Waals surface area (Å²) < 4.78 is 12.0. The molecule has 1 rings (SSSR count). The smallest absolute Gasteiger partial charge is 0.100 e. The van der Waals surface area contributed by atoms with Gasteiger partial charge in [-0.15, -0.1) is 5.10 Å². The zero-order valence-corrected chi connectivity index (χ0v) is 11.1. The minimum atomic E-state index is 0.303. The van der Waals surface area contributed by atoms with E-state index in [1.807, 2.05) is 4.68 Å². The summed E-state index contributed by atoms with van der Waals surface area (Å²) >= 11 is 0. The second kappa shape index (κ2) is 8.61. The quantitative estimate of drug-likeness (QED) is 0.612. The van der Waals surface area contributed by atoms with Gasteiger partial charge in [0.05, 0.1) is 24.8 Å². The van der Waals surface area contributed by atoms with E-state index in [1.54, 1.807) is 14.2 Å². The standard InChI is InChI=1S/C12H20N4O2/c1-17-9-4-3-8-16-12(6-10-18-2)11(5-7-13)14-15-16/h3-6,8-10H2,1-2H3. The summed E-state index contributed by atoms with van der Waals surface area (Å²) in [5.74, 6) is 0. The second-order valence-corrected chi connectivity index (χ2v) is 3.98. The molecule has 0 bridgehead atoms. The second-order valence-electron chi connectivity index (χ2n) is 3.98. The molecule has 6 heteroatoms. The van der Waals surface area contributed by atoms with Crippen LogP contribution < -0.4 is 0 Å². The van der Waals surface area contributed by atoms with Crippen molar-refractivity contribution in [2.75, 3.05) is 27.4 Å². The van der Waals surface area contributed by atoms with Crippen LogP contribution in [0, 0.1) is 11.3 Å². The molecule has 18 heavy (non-hydrogen) atoms. The molecule has 1 aromatic rings. The normalized spacial score (nSPS) is 10.5. The Morgan fingerprint density at radius 1 is 1.22 bits per heavy atom. The lowest BCUT2D eigenvalue weighted by Gasteiger charge is -2.06. The first-order chi connectivity index (χ1) is 8.83. The Hall–Kier alpha value is -1.45. The van der Waals surface area contributed by atoms with Gasteiger partial charge in [-0.1, -0.05) is 5.21 Å². The van der Waals surface area contributed by atoms with E-state index in [-0.39, 0.29) is 0 Å². The van der Waals surface area contributed by atoms with Crippen molar-refractivity contribution in [2.45, 2.75) is 32.2 Å². The van der Waals surface area contributed by atoms with E-state index in [1.165, 1.54) is 0 Å². The summed E-state index contributed by atoms with van der Waals surface area (Å²) in [6.07, 6.45) is 3.03. The number of rotatable bonds is 9. The van der Waals surface area contributed by atoms with Gasteiger partial charge >= 0.3 is 0 Å². The minimum Gasteiger partial charge on any atom is -0.385 e. The number of nitriles is 1. The van der Waals surface area contributed by atoms with Crippen molar-refractivity contribution in [3.05, 3.63) is 11.4 Å². The van der Waals surface area contributed by atoms with E-state index >= 15 is 0 Å². The fourth-order valence-electron chi connectivity index (χ4n) is 1.74. The van der Waals surface area contributed by atoms with Crippen LogP contribution in [0.1, 0.15) is 24.2 Å². The van der Waals surface area contributed by atoms with Gasteiger partial charge in [0.2, 0.25) is 0 Å². The zero-order chi connectivity index (χ0) is 13.2. The molecule has 0 unspecified atom stereocenters. The van der Waals surface area contributed by atoms with Gasteiger partial charge in [0.1, 0.15) is 5.69 Å². The molecule has 6 nitrogen and oxygen atoms in total. The molecule has 1 heterocycles. The number of unbranched alkanes of at least 4 members (excludes halogenated alkanes) is 1. The van der Waals surface area contributed by atoms with Gasteiger partial charge < -0.3 is 9.47 Å². The topological polar surface area (TPSA) is 73.0 Å². The van der Waals surface area contributed by atoms with Crippen molar-refractivity contribution in [3.8, 4) is 6.07 Å². The van der Waals surface area contributed by atoms with Gasteiger partial charge in [0.25, 0.3) is 0 Å². The third-order valence-corrected chi connectivity index (χ3v) is 2.68. The molecule has 0 spiro atoms. The van der Waals surface area contributed by atoms with E-state index in [2.05, 4.69) is 16.4 Å². The van der Waals surface area contributed by atoms with Crippen molar-refractivity contribution in [2.24, 2.45) is 0 Å². The van der Waals surface area contributed by atoms with E-state index in [0.29, 0.717) is 13.0 Å². The first-order valence-corrected chi connectivity index (χ1v) is 6.09. The highest BCUT2D eigenvalue weighted by molar-refractivity contribution is 5.14. The van der Waals surface area contributed by atoms with Gasteiger partial charge in [-0.3, -0.25) is 0 Å². The van der Waals surface area contributed by atoms with Crippen molar-refractivity contribution in [3.63, 3.8) is 0 Å². The molecule has 0 N–H and O–H groups in total. The fraction of sp³-hybridized carbons (Fsp3) is 0.750. The van der Waals surface area contributed by atoms with Crippen LogP contribution in [0.2, 0.25) is 0 Å². The lowest BCUT2D eigenvalue weighted by Crippen LogP contribution is -2.09. The van der Waals surface area contributed by atoms with E-state index < -0.39 is 0 Å². The molecule has 100 valence electrons. The summed E-state index contributed by atoms with van der Waals surface area (Å²) in [6, 6.07) is 2.11. The molecule has 0 saturated carbocycles. The molecule has 0 atom stereocenters. The maximum absolute atomic E-state index is 8.75. The summed E-state index contributed by atoms with van der Waals surface area (Å²) in [6.45, 7) is 2.18. The predicted molar refractivity (Wildman–Crippen MR) is 66.0 cm³/mol. The van der Waals surface area contributed by atoms with Crippen molar-refractivity contribution in [1.29, 1.82) is 5.26 Å². The summed E-state index contributed by atoms with van der Waals surface area (Å²) in [5, 5.41) is 16.9. The molecule has 0 aliphatic rings. The summed E-state index contributed by atoms with van der Waals surface area (Å²) in [4.78, 5) is 0. The van der Waals surface area contributed by atoms with E-state index in [4.69, 9.17) is 14.7 Å². The lowest BCUT2D eigenvalue weighted by atomic mass is 10.2. The predicted octanol–water partition coefficient (Wildman–Crippen LogP) is 0.960. The molecular weight excluding hydrogens is 232 g/mol. The highest BCUT2D eigenvalue weighted by Crippen LogP contribution is 2.09. The van der Waals surface area contributed by atoms with Crippen LogP contribution in [-0.4, -0.2) is 42.4 Å². The highest BCUT2D eigenvalue weighted by atomic mass is 16.5. The van der Waals surface area contributed by atoms with Crippen molar-refractivity contribution in [1.82, 2.24) is 15.0 Å². The van der Waals surface area contributed by atoms with Crippen LogP contribution in [0.15, 0.2) is 0 Å². The summed E-state index contributed by atoms with van der Waals surface area (Å²) in [7, 11) is 3.36. The largest absolute Gasteiger partial charge is 0.385 e. The molecule has 0 saturated heterocycles. The number of methoxy groups -OCH3 is 2. The van der Waals surface area contributed by atoms with Crippen LogP contribution in [-0.2, 0) is 28.9 Å². The third kappa shape index (κ3) is 4.43. The van der Waals surface area contributed by atoms with Crippen LogP contribution >= 0.6 is 0 Å². The molecule has 0 aliphatic heterocycles. The van der Waals surface area contributed by atoms with Gasteiger partial charge in [-0.25, -0.2) is 4.68 Å². The minimum absolute atomic E-state index is 0.303. The van der Waals surface area contributed by atoms with Gasteiger partial charge in [-0.2, -0.15) is 5.26 Å². The average molecular weight is 252 g/mol. The monoisotopic (exact) mass is 252 g/mol. The summed E-state index contributed by atoms with van der Waals surface area (Å²) in [5.41, 5.74) is 1.78. The average Bonchev–Trinajstić information content (AvgIpc) is 2.75. The molecule has 0 aliphatic carbocycles. The van der Waals surface area contributed by atoms with Gasteiger partial charge in [0.15, 0.2) is 0 Å². The van der Waals surface area contributed by atoms with Gasteiger partial charge in [-0.05, 0) is 12.8 Å². The Kier molecular flexibility index (Phi) is 6.99. The Labute approximate surface area is 107 Å². The van der Waals surface area contributed by atoms with Gasteiger partial charge in [0, 0.05) is 33.8 Å². The zero-order valence-electron chi connectivity index (χ0n) is 11.1. The maximum atomic E-state index is 8.75. The maximum Gasteiger partial charge on any atom is 0.100 e. The molecule has 0 amide bonds. The Morgan fingerprint density at radius 3 is 2.67 bits per heavy atom. The van der Waals surface area contributed by atoms with Crippen LogP contribution in [0.5, 0.6) is 0 Å². The van der Waals surface area contributed by atoms with Crippen LogP contribution in [0.3, 0.4) is 0 Å². The first-order valence-electron chi connectivity index (χ1n) is 6.09. The number of hydrogen-bond donors (Lipinski definition) is 0. The van der Waals surface area contributed by atoms with E-state index in [0.717, 1.165) is 43.8 Å². The number of nitrogens with zero attached hydrogens (tertiary/aromatic N) is 4. The number of hydrogen-bond acceptors (Lipinski definition) is 5. The Bertz CT molecular complexity index is 384. The first kappa shape index (κ1) is 14.6. The lowest BCUT2D eigenvalue weighted by molar-refractivity contribution is 0.189. The number of aromatic nitrogens is 3. The molecule has 1 aromatic heterocycles. The Balaban J connectivity index is 2.61. The third-order valence-electron chi connectivity index (χ3n) is 2.68. The molecule has 0 radical (unpaired) electrons. The van der Waals surface area contributed by atoms with Crippen molar-refractivity contribution < 1.29 is 9.47 Å². The van der Waals surface area contributed by atoms with Crippen LogP contribution in [0.25, 0.3) is 0 Å². The Morgan fingerprint density at radius 2 is 2.00 bits per heavy atom. The molecular formula is C12H20N4O2. The molecule has 0 aromatic carbocycles. The fourth-order valence-corrected chi connectivity index (χ4v) is 1.74. The molecule has 0 fully saturated rings. The van der Waals surface area contributed by atoms with Crippen molar-refractivity contribution >= 4 is 0 Å². The van der Waals surface area contributed by atoms with Crippen LogP contribution in [0.4, 0.5) is 0 Å².